The number of carbonyl (C=O) groups excluding carboxylic acids is 1. The van der Waals surface area contributed by atoms with Gasteiger partial charge in [0, 0.05) is 13.0 Å². The molecule has 2 atom stereocenters. The fourth-order valence-electron chi connectivity index (χ4n) is 3.69. The molecule has 31 heavy (non-hydrogen) atoms. The van der Waals surface area contributed by atoms with Gasteiger partial charge in [-0.1, -0.05) is 60.7 Å². The maximum absolute atomic E-state index is 13.8. The van der Waals surface area contributed by atoms with Gasteiger partial charge in [-0.15, -0.1) is 0 Å². The number of fused-ring (bicyclic) bond motifs is 1. The van der Waals surface area contributed by atoms with Crippen LogP contribution in [0.15, 0.2) is 65.1 Å². The normalized spacial score (nSPS) is 18.2. The molecule has 9 heteroatoms. The van der Waals surface area contributed by atoms with E-state index in [1.807, 2.05) is 36.4 Å². The fourth-order valence-corrected chi connectivity index (χ4v) is 4.24. The van der Waals surface area contributed by atoms with Gasteiger partial charge >= 0.3 is 6.18 Å². The molecule has 1 amide bonds. The molecule has 1 aliphatic heterocycles. The fraction of sp³-hybridized carbons (Fsp3) is 0.273. The second-order valence-corrected chi connectivity index (χ2v) is 8.14. The van der Waals surface area contributed by atoms with E-state index in [-0.39, 0.29) is 22.4 Å². The molecule has 0 saturated carbocycles. The number of aromatic nitrogens is 2. The predicted octanol–water partition coefficient (Wildman–Crippen LogP) is 5.28. The Labute approximate surface area is 185 Å². The summed E-state index contributed by atoms with van der Waals surface area (Å²) in [5, 5.41) is 9.88. The van der Waals surface area contributed by atoms with Crippen LogP contribution < -0.4 is 10.6 Å². The second-order valence-electron chi connectivity index (χ2n) is 7.35. The Balaban J connectivity index is 1.57. The van der Waals surface area contributed by atoms with Crippen LogP contribution in [-0.4, -0.2) is 28.4 Å². The van der Waals surface area contributed by atoms with E-state index < -0.39 is 24.2 Å². The van der Waals surface area contributed by atoms with Crippen molar-refractivity contribution in [3.63, 3.8) is 0 Å². The zero-order chi connectivity index (χ0) is 22.0. The van der Waals surface area contributed by atoms with Crippen molar-refractivity contribution in [2.75, 3.05) is 11.9 Å². The number of rotatable bonds is 5. The Kier molecular flexibility index (Phi) is 6.04. The van der Waals surface area contributed by atoms with Gasteiger partial charge in [0.1, 0.15) is 5.82 Å². The van der Waals surface area contributed by atoms with Gasteiger partial charge in [0.05, 0.1) is 10.5 Å². The van der Waals surface area contributed by atoms with Crippen LogP contribution >= 0.6 is 15.9 Å². The number of nitrogens with one attached hydrogen (secondary N) is 2. The summed E-state index contributed by atoms with van der Waals surface area (Å²) in [5.41, 5.74) is 1.72. The van der Waals surface area contributed by atoms with E-state index in [1.54, 1.807) is 24.3 Å². The lowest BCUT2D eigenvalue weighted by atomic mass is 9.97. The van der Waals surface area contributed by atoms with Crippen molar-refractivity contribution in [1.82, 2.24) is 15.1 Å². The molecule has 2 heterocycles. The van der Waals surface area contributed by atoms with Crippen molar-refractivity contribution in [3.05, 3.63) is 82.0 Å². The highest BCUT2D eigenvalue weighted by Crippen LogP contribution is 2.46. The summed E-state index contributed by atoms with van der Waals surface area (Å²) in [6.07, 6.45) is -4.11. The van der Waals surface area contributed by atoms with E-state index in [1.165, 1.54) is 0 Å². The third-order valence-corrected chi connectivity index (χ3v) is 6.01. The lowest BCUT2D eigenvalue weighted by Crippen LogP contribution is -2.36. The van der Waals surface area contributed by atoms with Gasteiger partial charge < -0.3 is 10.6 Å². The van der Waals surface area contributed by atoms with Gasteiger partial charge in [0.2, 0.25) is 0 Å². The van der Waals surface area contributed by atoms with E-state index in [0.717, 1.165) is 15.8 Å². The van der Waals surface area contributed by atoms with E-state index in [2.05, 4.69) is 31.7 Å². The minimum Gasteiger partial charge on any atom is -0.362 e. The molecule has 0 unspecified atom stereocenters. The molecule has 4 rings (SSSR count). The van der Waals surface area contributed by atoms with Crippen molar-refractivity contribution < 1.29 is 18.0 Å². The summed E-state index contributed by atoms with van der Waals surface area (Å²) in [6, 6.07) is 16.2. The summed E-state index contributed by atoms with van der Waals surface area (Å²) in [7, 11) is 0. The predicted molar refractivity (Wildman–Crippen MR) is 115 cm³/mol. The first-order valence-corrected chi connectivity index (χ1v) is 10.6. The van der Waals surface area contributed by atoms with Crippen molar-refractivity contribution in [2.24, 2.45) is 0 Å². The van der Waals surface area contributed by atoms with Crippen LogP contribution in [0.2, 0.25) is 0 Å². The number of anilines is 1. The van der Waals surface area contributed by atoms with Crippen LogP contribution in [0.5, 0.6) is 0 Å². The zero-order valence-corrected chi connectivity index (χ0v) is 18.0. The Bertz CT molecular complexity index is 1050. The molecular formula is C22H20BrF3N4O. The van der Waals surface area contributed by atoms with E-state index >= 15 is 0 Å². The van der Waals surface area contributed by atoms with E-state index in [9.17, 15) is 18.0 Å². The quantitative estimate of drug-likeness (QED) is 0.509. The number of halogens is 4. The number of hydrogen-bond donors (Lipinski definition) is 2. The van der Waals surface area contributed by atoms with Gasteiger partial charge in [0.25, 0.3) is 5.91 Å². The molecule has 0 spiro atoms. The Hall–Kier alpha value is -2.81. The highest BCUT2D eigenvalue weighted by Gasteiger charge is 2.47. The average molecular weight is 493 g/mol. The average Bonchev–Trinajstić information content (AvgIpc) is 3.10. The third-order valence-electron chi connectivity index (χ3n) is 5.25. The molecule has 5 nitrogen and oxygen atoms in total. The van der Waals surface area contributed by atoms with Crippen molar-refractivity contribution in [2.45, 2.75) is 31.1 Å². The topological polar surface area (TPSA) is 59.0 Å². The number of hydrogen-bond acceptors (Lipinski definition) is 3. The number of alkyl halides is 3. The van der Waals surface area contributed by atoms with E-state index in [0.29, 0.717) is 13.0 Å². The molecule has 1 aliphatic rings. The van der Waals surface area contributed by atoms with Crippen LogP contribution in [0.1, 0.15) is 40.1 Å². The van der Waals surface area contributed by atoms with Gasteiger partial charge in [-0.2, -0.15) is 18.3 Å². The highest BCUT2D eigenvalue weighted by atomic mass is 79.9. The molecule has 0 aliphatic carbocycles. The summed E-state index contributed by atoms with van der Waals surface area (Å²) >= 11 is 3.29. The Morgan fingerprint density at radius 1 is 1.13 bits per heavy atom. The largest absolute Gasteiger partial charge is 0.410 e. The van der Waals surface area contributed by atoms with Crippen LogP contribution in [-0.2, 0) is 6.42 Å². The van der Waals surface area contributed by atoms with Gasteiger partial charge in [0.15, 0.2) is 11.7 Å². The molecule has 2 aromatic carbocycles. The van der Waals surface area contributed by atoms with Crippen LogP contribution in [0.4, 0.5) is 19.0 Å². The summed E-state index contributed by atoms with van der Waals surface area (Å²) in [5.74, 6) is -0.376. The smallest absolute Gasteiger partial charge is 0.362 e. The van der Waals surface area contributed by atoms with E-state index in [4.69, 9.17) is 0 Å². The zero-order valence-electron chi connectivity index (χ0n) is 16.4. The minimum absolute atomic E-state index is 0.0708. The second kappa shape index (κ2) is 8.74. The first kappa shape index (κ1) is 21.4. The molecule has 3 aromatic rings. The number of nitrogens with zero attached hydrogens (tertiary/aromatic N) is 2. The molecule has 0 bridgehead atoms. The van der Waals surface area contributed by atoms with Crippen molar-refractivity contribution in [3.8, 4) is 0 Å². The van der Waals surface area contributed by atoms with Crippen LogP contribution in [0.25, 0.3) is 0 Å². The minimum atomic E-state index is -4.50. The maximum Gasteiger partial charge on any atom is 0.410 e. The number of amides is 1. The number of carbonyl (C=O) groups is 1. The van der Waals surface area contributed by atoms with Gasteiger partial charge in [-0.25, -0.2) is 4.68 Å². The van der Waals surface area contributed by atoms with Crippen LogP contribution in [0.3, 0.4) is 0 Å². The highest BCUT2D eigenvalue weighted by molar-refractivity contribution is 9.10. The molecule has 0 radical (unpaired) electrons. The maximum atomic E-state index is 13.8. The molecule has 162 valence electrons. The standard InChI is InChI=1S/C22H20BrF3N4O/c23-18-19(21(31)27-12-11-14-7-3-1-4-8-14)29-30-17(22(24,25)26)13-16(28-20(18)30)15-9-5-2-6-10-15/h1-10,16-17,28H,11-13H2,(H,27,31)/t16-,17+/m0/s1. The van der Waals surface area contributed by atoms with Gasteiger partial charge in [-0.05, 0) is 33.5 Å². The SMILES string of the molecule is O=C(NCCc1ccccc1)c1nn2c(c1Br)N[C@H](c1ccccc1)C[C@@H]2C(F)(F)F. The molecule has 0 fully saturated rings. The van der Waals surface area contributed by atoms with Crippen molar-refractivity contribution in [1.29, 1.82) is 0 Å². The summed E-state index contributed by atoms with van der Waals surface area (Å²) in [6.45, 7) is 0.347. The molecule has 1 aromatic heterocycles. The third kappa shape index (κ3) is 4.61. The van der Waals surface area contributed by atoms with Crippen molar-refractivity contribution >= 4 is 27.7 Å². The summed E-state index contributed by atoms with van der Waals surface area (Å²) in [4.78, 5) is 12.7. The Morgan fingerprint density at radius 3 is 2.42 bits per heavy atom. The molecule has 0 saturated heterocycles. The lowest BCUT2D eigenvalue weighted by Gasteiger charge is -2.33. The molecule has 2 N–H and O–H groups in total. The van der Waals surface area contributed by atoms with Gasteiger partial charge in [-0.3, -0.25) is 4.79 Å². The number of benzene rings is 2. The first-order chi connectivity index (χ1) is 14.8. The monoisotopic (exact) mass is 492 g/mol. The Morgan fingerprint density at radius 2 is 1.77 bits per heavy atom. The molecular weight excluding hydrogens is 473 g/mol. The summed E-state index contributed by atoms with van der Waals surface area (Å²) < 4.78 is 42.6. The lowest BCUT2D eigenvalue weighted by molar-refractivity contribution is -0.173. The van der Waals surface area contributed by atoms with Crippen LogP contribution in [0, 0.1) is 0 Å². The first-order valence-electron chi connectivity index (χ1n) is 9.83.